The summed E-state index contributed by atoms with van der Waals surface area (Å²) in [5.74, 6) is -0.260. The molecule has 0 aromatic heterocycles. The van der Waals surface area contributed by atoms with Crippen molar-refractivity contribution in [3.63, 3.8) is 0 Å². The maximum absolute atomic E-state index is 12.2. The molecule has 0 bridgehead atoms. The lowest BCUT2D eigenvalue weighted by Gasteiger charge is -2.24. The topological polar surface area (TPSA) is 66.6 Å². The number of hydrogen-bond donors (Lipinski definition) is 2. The van der Waals surface area contributed by atoms with Crippen LogP contribution in [0.4, 0.5) is 5.69 Å². The van der Waals surface area contributed by atoms with E-state index in [2.05, 4.69) is 0 Å². The van der Waals surface area contributed by atoms with Crippen LogP contribution in [0.3, 0.4) is 0 Å². The minimum Gasteiger partial charge on any atom is -0.505 e. The van der Waals surface area contributed by atoms with E-state index in [0.717, 1.165) is 12.8 Å². The molecule has 2 rings (SSSR count). The highest BCUT2D eigenvalue weighted by Gasteiger charge is 2.25. The second-order valence-corrected chi connectivity index (χ2v) is 4.60. The van der Waals surface area contributed by atoms with E-state index in [4.69, 9.17) is 5.73 Å². The summed E-state index contributed by atoms with van der Waals surface area (Å²) in [6.45, 7) is 0. The van der Waals surface area contributed by atoms with Crippen LogP contribution in [0.2, 0.25) is 0 Å². The maximum Gasteiger partial charge on any atom is 0.257 e. The molecule has 3 N–H and O–H groups in total. The Hall–Kier alpha value is -1.71. The summed E-state index contributed by atoms with van der Waals surface area (Å²) in [7, 11) is 1.79. The van der Waals surface area contributed by atoms with Gasteiger partial charge >= 0.3 is 0 Å². The van der Waals surface area contributed by atoms with Gasteiger partial charge in [-0.15, -0.1) is 0 Å². The first-order valence-electron chi connectivity index (χ1n) is 5.96. The van der Waals surface area contributed by atoms with Crippen molar-refractivity contribution >= 4 is 11.6 Å². The number of carbonyl (C=O) groups is 1. The zero-order valence-electron chi connectivity index (χ0n) is 10.0. The predicted octanol–water partition coefficient (Wildman–Crippen LogP) is 1.99. The van der Waals surface area contributed by atoms with Gasteiger partial charge in [-0.2, -0.15) is 0 Å². The van der Waals surface area contributed by atoms with Crippen molar-refractivity contribution in [2.75, 3.05) is 12.8 Å². The molecule has 0 aliphatic heterocycles. The van der Waals surface area contributed by atoms with Gasteiger partial charge < -0.3 is 15.7 Å². The van der Waals surface area contributed by atoms with Crippen molar-refractivity contribution in [3.8, 4) is 5.75 Å². The quantitative estimate of drug-likeness (QED) is 0.607. The molecule has 1 amide bonds. The molecular formula is C13H18N2O2. The minimum atomic E-state index is -0.151. The highest BCUT2D eigenvalue weighted by Crippen LogP contribution is 2.28. The molecule has 0 atom stereocenters. The average molecular weight is 234 g/mol. The Kier molecular flexibility index (Phi) is 3.22. The number of carbonyl (C=O) groups excluding carboxylic acids is 1. The average Bonchev–Trinajstić information content (AvgIpc) is 2.84. The molecule has 4 nitrogen and oxygen atoms in total. The molecule has 0 spiro atoms. The fraction of sp³-hybridized carbons (Fsp3) is 0.462. The number of para-hydroxylation sites is 1. The van der Waals surface area contributed by atoms with E-state index in [9.17, 15) is 9.90 Å². The lowest BCUT2D eigenvalue weighted by atomic mass is 10.1. The third-order valence-corrected chi connectivity index (χ3v) is 3.49. The van der Waals surface area contributed by atoms with Crippen LogP contribution in [0, 0.1) is 0 Å². The number of nitrogen functional groups attached to an aromatic ring is 1. The van der Waals surface area contributed by atoms with Gasteiger partial charge in [0.25, 0.3) is 5.91 Å². The number of benzene rings is 1. The molecule has 1 aromatic carbocycles. The number of rotatable bonds is 2. The summed E-state index contributed by atoms with van der Waals surface area (Å²) in [5.41, 5.74) is 6.13. The van der Waals surface area contributed by atoms with Gasteiger partial charge in [-0.25, -0.2) is 0 Å². The van der Waals surface area contributed by atoms with E-state index < -0.39 is 0 Å². The van der Waals surface area contributed by atoms with Crippen LogP contribution in [0.15, 0.2) is 18.2 Å². The van der Waals surface area contributed by atoms with Crippen molar-refractivity contribution in [2.24, 2.45) is 0 Å². The summed E-state index contributed by atoms with van der Waals surface area (Å²) in [5, 5.41) is 9.79. The molecule has 0 saturated heterocycles. The van der Waals surface area contributed by atoms with Gasteiger partial charge in [0.15, 0.2) is 5.75 Å². The Labute approximate surface area is 101 Å². The number of phenolic OH excluding ortho intramolecular Hbond substituents is 1. The SMILES string of the molecule is CN(C(=O)c1cccc(N)c1O)C1CCCC1. The second kappa shape index (κ2) is 4.65. The Balaban J connectivity index is 2.21. The fourth-order valence-corrected chi connectivity index (χ4v) is 2.38. The summed E-state index contributed by atoms with van der Waals surface area (Å²) in [6.07, 6.45) is 4.44. The lowest BCUT2D eigenvalue weighted by molar-refractivity contribution is 0.0732. The Morgan fingerprint density at radius 3 is 2.71 bits per heavy atom. The Morgan fingerprint density at radius 1 is 1.41 bits per heavy atom. The molecule has 1 saturated carbocycles. The Morgan fingerprint density at radius 2 is 2.06 bits per heavy atom. The Bertz CT molecular complexity index is 425. The number of nitrogens with two attached hydrogens (primary N) is 1. The van der Waals surface area contributed by atoms with Crippen molar-refractivity contribution in [1.82, 2.24) is 4.90 Å². The number of aromatic hydroxyl groups is 1. The van der Waals surface area contributed by atoms with Crippen molar-refractivity contribution in [1.29, 1.82) is 0 Å². The number of phenols is 1. The van der Waals surface area contributed by atoms with Gasteiger partial charge in [-0.3, -0.25) is 4.79 Å². The van der Waals surface area contributed by atoms with Gasteiger partial charge in [0.2, 0.25) is 0 Å². The molecular weight excluding hydrogens is 216 g/mol. The smallest absolute Gasteiger partial charge is 0.257 e. The molecule has 17 heavy (non-hydrogen) atoms. The van der Waals surface area contributed by atoms with Gasteiger partial charge in [-0.05, 0) is 25.0 Å². The molecule has 1 fully saturated rings. The van der Waals surface area contributed by atoms with Crippen LogP contribution in [-0.4, -0.2) is 29.0 Å². The standard InChI is InChI=1S/C13H18N2O2/c1-15(9-5-2-3-6-9)13(17)10-7-4-8-11(14)12(10)16/h4,7-9,16H,2-3,5-6,14H2,1H3. The van der Waals surface area contributed by atoms with E-state index in [1.54, 1.807) is 30.1 Å². The third-order valence-electron chi connectivity index (χ3n) is 3.49. The molecule has 1 aromatic rings. The largest absolute Gasteiger partial charge is 0.505 e. The highest BCUT2D eigenvalue weighted by molar-refractivity contribution is 5.98. The first-order chi connectivity index (χ1) is 8.11. The summed E-state index contributed by atoms with van der Waals surface area (Å²) < 4.78 is 0. The van der Waals surface area contributed by atoms with Crippen LogP contribution >= 0.6 is 0 Å². The number of amides is 1. The number of anilines is 1. The van der Waals surface area contributed by atoms with E-state index in [1.165, 1.54) is 12.8 Å². The molecule has 0 radical (unpaired) electrons. The van der Waals surface area contributed by atoms with E-state index in [0.29, 0.717) is 11.6 Å². The highest BCUT2D eigenvalue weighted by atomic mass is 16.3. The van der Waals surface area contributed by atoms with Crippen LogP contribution in [0.1, 0.15) is 36.0 Å². The van der Waals surface area contributed by atoms with Gasteiger partial charge in [0, 0.05) is 13.1 Å². The summed E-state index contributed by atoms with van der Waals surface area (Å²) in [6, 6.07) is 5.18. The zero-order chi connectivity index (χ0) is 12.4. The van der Waals surface area contributed by atoms with E-state index in [-0.39, 0.29) is 17.3 Å². The molecule has 1 aliphatic rings. The third kappa shape index (κ3) is 2.20. The van der Waals surface area contributed by atoms with Crippen LogP contribution < -0.4 is 5.73 Å². The maximum atomic E-state index is 12.2. The van der Waals surface area contributed by atoms with Gasteiger partial charge in [0.05, 0.1) is 11.3 Å². The first kappa shape index (κ1) is 11.8. The fourth-order valence-electron chi connectivity index (χ4n) is 2.38. The van der Waals surface area contributed by atoms with Crippen LogP contribution in [0.25, 0.3) is 0 Å². The van der Waals surface area contributed by atoms with Gasteiger partial charge in [0.1, 0.15) is 0 Å². The van der Waals surface area contributed by atoms with Crippen LogP contribution in [-0.2, 0) is 0 Å². The van der Waals surface area contributed by atoms with Crippen LogP contribution in [0.5, 0.6) is 5.75 Å². The van der Waals surface area contributed by atoms with Crippen molar-refractivity contribution in [2.45, 2.75) is 31.7 Å². The van der Waals surface area contributed by atoms with Crippen molar-refractivity contribution in [3.05, 3.63) is 23.8 Å². The molecule has 92 valence electrons. The molecule has 4 heteroatoms. The number of hydrogen-bond acceptors (Lipinski definition) is 3. The minimum absolute atomic E-state index is 0.109. The second-order valence-electron chi connectivity index (χ2n) is 4.60. The van der Waals surface area contributed by atoms with E-state index in [1.807, 2.05) is 0 Å². The first-order valence-corrected chi connectivity index (χ1v) is 5.96. The molecule has 0 unspecified atom stereocenters. The normalized spacial score (nSPS) is 16.1. The van der Waals surface area contributed by atoms with Crippen molar-refractivity contribution < 1.29 is 9.90 Å². The summed E-state index contributed by atoms with van der Waals surface area (Å²) >= 11 is 0. The predicted molar refractivity (Wildman–Crippen MR) is 66.9 cm³/mol. The molecule has 1 aliphatic carbocycles. The van der Waals surface area contributed by atoms with E-state index >= 15 is 0 Å². The monoisotopic (exact) mass is 234 g/mol. The lowest BCUT2D eigenvalue weighted by Crippen LogP contribution is -2.35. The molecule has 0 heterocycles. The van der Waals surface area contributed by atoms with Gasteiger partial charge in [-0.1, -0.05) is 18.9 Å². The summed E-state index contributed by atoms with van der Waals surface area (Å²) in [4.78, 5) is 13.9. The zero-order valence-corrected chi connectivity index (χ0v) is 10.0. The number of nitrogens with zero attached hydrogens (tertiary/aromatic N) is 1.